The molecule has 6 nitrogen and oxygen atoms in total. The minimum Gasteiger partial charge on any atom is -0.484 e. The van der Waals surface area contributed by atoms with Crippen molar-refractivity contribution in [1.82, 2.24) is 16.2 Å². The average Bonchev–Trinajstić information content (AvgIpc) is 2.65. The van der Waals surface area contributed by atoms with E-state index < -0.39 is 5.91 Å². The number of ether oxygens (including phenoxy) is 1. The normalized spacial score (nSPS) is 9.80. The van der Waals surface area contributed by atoms with Crippen LogP contribution in [0.2, 0.25) is 0 Å². The molecule has 0 aliphatic carbocycles. The molecule has 25 heavy (non-hydrogen) atoms. The van der Waals surface area contributed by atoms with Gasteiger partial charge in [0.05, 0.1) is 0 Å². The highest BCUT2D eigenvalue weighted by atomic mass is 32.1. The zero-order valence-electron chi connectivity index (χ0n) is 13.7. The Morgan fingerprint density at radius 2 is 1.68 bits per heavy atom. The van der Waals surface area contributed by atoms with Crippen molar-refractivity contribution in [2.75, 3.05) is 6.61 Å². The predicted molar refractivity (Wildman–Crippen MR) is 99.1 cm³/mol. The van der Waals surface area contributed by atoms with Gasteiger partial charge in [0.2, 0.25) is 0 Å². The standard InChI is InChI=1S/C18H19N3O3S/c1-2-13-8-10-15(11-9-13)24-12-16(22)19-18(25)21-20-17(23)14-6-4-3-5-7-14/h3-11H,2,12H2,1H3,(H,20,23)(H2,19,21,22,25). The molecule has 0 spiro atoms. The first-order valence-electron chi connectivity index (χ1n) is 7.75. The maximum Gasteiger partial charge on any atom is 0.269 e. The van der Waals surface area contributed by atoms with E-state index in [1.54, 1.807) is 24.3 Å². The lowest BCUT2D eigenvalue weighted by Gasteiger charge is -2.11. The third-order valence-electron chi connectivity index (χ3n) is 3.28. The third kappa shape index (κ3) is 6.23. The number of hydrogen-bond donors (Lipinski definition) is 3. The topological polar surface area (TPSA) is 79.5 Å². The van der Waals surface area contributed by atoms with E-state index in [4.69, 9.17) is 17.0 Å². The van der Waals surface area contributed by atoms with Crippen molar-refractivity contribution in [3.8, 4) is 5.75 Å². The molecule has 2 rings (SSSR count). The number of carbonyl (C=O) groups is 2. The van der Waals surface area contributed by atoms with Crippen molar-refractivity contribution in [3.63, 3.8) is 0 Å². The van der Waals surface area contributed by atoms with Crippen LogP contribution in [0.5, 0.6) is 5.75 Å². The zero-order valence-corrected chi connectivity index (χ0v) is 14.6. The highest BCUT2D eigenvalue weighted by Gasteiger charge is 2.08. The van der Waals surface area contributed by atoms with Crippen LogP contribution in [0.1, 0.15) is 22.8 Å². The van der Waals surface area contributed by atoms with Crippen LogP contribution in [0.25, 0.3) is 0 Å². The second-order valence-corrected chi connectivity index (χ2v) is 5.52. The third-order valence-corrected chi connectivity index (χ3v) is 3.48. The number of hydrogen-bond acceptors (Lipinski definition) is 4. The lowest BCUT2D eigenvalue weighted by molar-refractivity contribution is -0.121. The number of thiocarbonyl (C=S) groups is 1. The zero-order chi connectivity index (χ0) is 18.1. The number of rotatable bonds is 5. The Hall–Kier alpha value is -2.93. The van der Waals surface area contributed by atoms with Crippen LogP contribution in [0.15, 0.2) is 54.6 Å². The molecule has 130 valence electrons. The van der Waals surface area contributed by atoms with Gasteiger partial charge in [0.1, 0.15) is 5.75 Å². The first-order chi connectivity index (χ1) is 12.1. The summed E-state index contributed by atoms with van der Waals surface area (Å²) in [6.07, 6.45) is 0.940. The number of hydrazine groups is 1. The monoisotopic (exact) mass is 357 g/mol. The van der Waals surface area contributed by atoms with Crippen molar-refractivity contribution >= 4 is 29.1 Å². The maximum atomic E-state index is 11.8. The van der Waals surface area contributed by atoms with Crippen molar-refractivity contribution in [3.05, 3.63) is 65.7 Å². The Morgan fingerprint density at radius 1 is 1.00 bits per heavy atom. The minimum atomic E-state index is -0.425. The summed E-state index contributed by atoms with van der Waals surface area (Å²) in [4.78, 5) is 23.6. The Balaban J connectivity index is 1.70. The lowest BCUT2D eigenvalue weighted by Crippen LogP contribution is -2.49. The molecule has 0 heterocycles. The Kier molecular flexibility index (Phi) is 6.91. The van der Waals surface area contributed by atoms with Crippen LogP contribution in [0.4, 0.5) is 0 Å². The van der Waals surface area contributed by atoms with Gasteiger partial charge in [-0.05, 0) is 48.5 Å². The molecule has 0 aromatic heterocycles. The smallest absolute Gasteiger partial charge is 0.269 e. The molecule has 3 N–H and O–H groups in total. The molecular weight excluding hydrogens is 338 g/mol. The molecule has 0 saturated heterocycles. The van der Waals surface area contributed by atoms with Gasteiger partial charge in [-0.25, -0.2) is 0 Å². The minimum absolute atomic E-state index is 0.0146. The summed E-state index contributed by atoms with van der Waals surface area (Å²) in [5.41, 5.74) is 6.54. The van der Waals surface area contributed by atoms with Gasteiger partial charge >= 0.3 is 0 Å². The van der Waals surface area contributed by atoms with Gasteiger partial charge in [-0.1, -0.05) is 37.3 Å². The SMILES string of the molecule is CCc1ccc(OCC(=O)NC(=S)NNC(=O)c2ccccc2)cc1. The van der Waals surface area contributed by atoms with Crippen LogP contribution in [-0.4, -0.2) is 23.5 Å². The Morgan fingerprint density at radius 3 is 2.32 bits per heavy atom. The van der Waals surface area contributed by atoms with Gasteiger partial charge in [-0.15, -0.1) is 0 Å². The molecule has 0 atom stereocenters. The van der Waals surface area contributed by atoms with Gasteiger partial charge in [0.15, 0.2) is 11.7 Å². The second kappa shape index (κ2) is 9.39. The van der Waals surface area contributed by atoms with Crippen molar-refractivity contribution in [1.29, 1.82) is 0 Å². The summed E-state index contributed by atoms with van der Waals surface area (Å²) in [6, 6.07) is 16.1. The summed E-state index contributed by atoms with van der Waals surface area (Å²) in [7, 11) is 0. The lowest BCUT2D eigenvalue weighted by atomic mass is 10.2. The maximum absolute atomic E-state index is 11.8. The molecule has 2 amide bonds. The van der Waals surface area contributed by atoms with E-state index in [0.717, 1.165) is 6.42 Å². The van der Waals surface area contributed by atoms with Crippen molar-refractivity contribution in [2.45, 2.75) is 13.3 Å². The number of nitrogens with one attached hydrogen (secondary N) is 3. The quantitative estimate of drug-likeness (QED) is 0.563. The molecule has 2 aromatic carbocycles. The first-order valence-corrected chi connectivity index (χ1v) is 8.16. The van der Waals surface area contributed by atoms with Crippen LogP contribution in [-0.2, 0) is 11.2 Å². The molecule has 2 aromatic rings. The Bertz CT molecular complexity index is 733. The summed E-state index contributed by atoms with van der Waals surface area (Å²) in [5.74, 6) is -0.181. The van der Waals surface area contributed by atoms with Crippen molar-refractivity contribution < 1.29 is 14.3 Å². The molecule has 0 radical (unpaired) electrons. The van der Waals surface area contributed by atoms with E-state index >= 15 is 0 Å². The predicted octanol–water partition coefficient (Wildman–Crippen LogP) is 1.96. The molecule has 7 heteroatoms. The van der Waals surface area contributed by atoms with E-state index in [-0.39, 0.29) is 17.6 Å². The summed E-state index contributed by atoms with van der Waals surface area (Å²) >= 11 is 4.95. The Labute approximate surface area is 151 Å². The summed E-state index contributed by atoms with van der Waals surface area (Å²) in [5, 5.41) is 2.41. The number of aryl methyl sites for hydroxylation is 1. The van der Waals surface area contributed by atoms with E-state index in [0.29, 0.717) is 11.3 Å². The van der Waals surface area contributed by atoms with Crippen molar-refractivity contribution in [2.24, 2.45) is 0 Å². The van der Waals surface area contributed by atoms with E-state index in [1.165, 1.54) is 5.56 Å². The number of benzene rings is 2. The molecule has 0 unspecified atom stereocenters. The molecule has 0 fully saturated rings. The van der Waals surface area contributed by atoms with Gasteiger partial charge in [-0.3, -0.25) is 25.8 Å². The highest BCUT2D eigenvalue weighted by molar-refractivity contribution is 7.80. The van der Waals surface area contributed by atoms with Gasteiger partial charge in [0.25, 0.3) is 11.8 Å². The fourth-order valence-corrected chi connectivity index (χ4v) is 2.10. The summed E-state index contributed by atoms with van der Waals surface area (Å²) in [6.45, 7) is 1.88. The number of amides is 2. The van der Waals surface area contributed by atoms with Crippen LogP contribution in [0, 0.1) is 0 Å². The molecule has 0 bridgehead atoms. The van der Waals surface area contributed by atoms with Gasteiger partial charge in [0, 0.05) is 5.56 Å². The molecular formula is C18H19N3O3S. The average molecular weight is 357 g/mol. The van der Waals surface area contributed by atoms with Gasteiger partial charge < -0.3 is 4.74 Å². The molecule has 0 aliphatic rings. The first kappa shape index (κ1) is 18.4. The fraction of sp³-hybridized carbons (Fsp3) is 0.167. The van der Waals surface area contributed by atoms with Crippen LogP contribution < -0.4 is 20.9 Å². The largest absolute Gasteiger partial charge is 0.484 e. The highest BCUT2D eigenvalue weighted by Crippen LogP contribution is 2.12. The summed E-state index contributed by atoms with van der Waals surface area (Å²) < 4.78 is 5.38. The number of carbonyl (C=O) groups excluding carboxylic acids is 2. The second-order valence-electron chi connectivity index (χ2n) is 5.11. The van der Waals surface area contributed by atoms with E-state index in [9.17, 15) is 9.59 Å². The fourth-order valence-electron chi connectivity index (χ4n) is 1.94. The molecule has 0 saturated carbocycles. The van der Waals surface area contributed by atoms with Crippen LogP contribution >= 0.6 is 12.2 Å². The van der Waals surface area contributed by atoms with Crippen LogP contribution in [0.3, 0.4) is 0 Å². The van der Waals surface area contributed by atoms with Gasteiger partial charge in [-0.2, -0.15) is 0 Å². The van der Waals surface area contributed by atoms with E-state index in [2.05, 4.69) is 23.1 Å². The van der Waals surface area contributed by atoms with E-state index in [1.807, 2.05) is 30.3 Å². The molecule has 0 aliphatic heterocycles.